The molecular formula is C18H18ClNO4. The molecule has 5 nitrogen and oxygen atoms in total. The second-order valence-electron chi connectivity index (χ2n) is 5.00. The van der Waals surface area contributed by atoms with Crippen molar-refractivity contribution in [2.75, 3.05) is 18.5 Å². The predicted octanol–water partition coefficient (Wildman–Crippen LogP) is 3.92. The predicted molar refractivity (Wildman–Crippen MR) is 92.6 cm³/mol. The van der Waals surface area contributed by atoms with Crippen molar-refractivity contribution in [3.8, 4) is 5.75 Å². The lowest BCUT2D eigenvalue weighted by Crippen LogP contribution is -2.20. The Bertz CT molecular complexity index is 683. The third kappa shape index (κ3) is 5.59. The second kappa shape index (κ2) is 8.93. The van der Waals surface area contributed by atoms with Crippen molar-refractivity contribution < 1.29 is 19.1 Å². The summed E-state index contributed by atoms with van der Waals surface area (Å²) in [6.45, 7) is 2.19. The van der Waals surface area contributed by atoms with Crippen LogP contribution in [0.5, 0.6) is 5.75 Å². The summed E-state index contributed by atoms with van der Waals surface area (Å²) in [5.41, 5.74) is 1.02. The highest BCUT2D eigenvalue weighted by atomic mass is 35.5. The standard InChI is InChI=1S/C18H18ClNO4/c1-2-11-23-18(22)13-3-7-15(8-4-13)20-17(21)12-24-16-9-5-14(19)6-10-16/h3-10H,2,11-12H2,1H3,(H,20,21). The van der Waals surface area contributed by atoms with Crippen LogP contribution in [0.4, 0.5) is 5.69 Å². The summed E-state index contributed by atoms with van der Waals surface area (Å²) in [6.07, 6.45) is 0.771. The molecule has 0 atom stereocenters. The minimum Gasteiger partial charge on any atom is -0.484 e. The topological polar surface area (TPSA) is 64.6 Å². The maximum Gasteiger partial charge on any atom is 0.338 e. The van der Waals surface area contributed by atoms with Crippen LogP contribution in [-0.4, -0.2) is 25.1 Å². The van der Waals surface area contributed by atoms with E-state index in [9.17, 15) is 9.59 Å². The third-order valence-corrected chi connectivity index (χ3v) is 3.28. The fourth-order valence-electron chi connectivity index (χ4n) is 1.84. The van der Waals surface area contributed by atoms with Crippen LogP contribution >= 0.6 is 11.6 Å². The average molecular weight is 348 g/mol. The number of esters is 1. The van der Waals surface area contributed by atoms with Crippen molar-refractivity contribution >= 4 is 29.2 Å². The Morgan fingerprint density at radius 1 is 1.04 bits per heavy atom. The highest BCUT2D eigenvalue weighted by molar-refractivity contribution is 6.30. The van der Waals surface area contributed by atoms with Gasteiger partial charge in [-0.3, -0.25) is 4.79 Å². The third-order valence-electron chi connectivity index (χ3n) is 3.03. The van der Waals surface area contributed by atoms with Crippen molar-refractivity contribution in [3.05, 3.63) is 59.1 Å². The molecule has 2 rings (SSSR count). The Kier molecular flexibility index (Phi) is 6.63. The van der Waals surface area contributed by atoms with Crippen LogP contribution in [0.2, 0.25) is 5.02 Å². The summed E-state index contributed by atoms with van der Waals surface area (Å²) in [5, 5.41) is 3.29. The van der Waals surface area contributed by atoms with Gasteiger partial charge in [0.2, 0.25) is 0 Å². The summed E-state index contributed by atoms with van der Waals surface area (Å²) in [5.74, 6) is -0.115. The molecule has 0 aromatic heterocycles. The first-order valence-corrected chi connectivity index (χ1v) is 7.91. The van der Waals surface area contributed by atoms with Gasteiger partial charge in [0.15, 0.2) is 6.61 Å². The Hall–Kier alpha value is -2.53. The van der Waals surface area contributed by atoms with Gasteiger partial charge in [0.1, 0.15) is 5.75 Å². The fourth-order valence-corrected chi connectivity index (χ4v) is 1.97. The van der Waals surface area contributed by atoms with Crippen LogP contribution in [0.25, 0.3) is 0 Å². The van der Waals surface area contributed by atoms with Crippen LogP contribution in [0, 0.1) is 0 Å². The van der Waals surface area contributed by atoms with Gasteiger partial charge in [0.05, 0.1) is 12.2 Å². The maximum atomic E-state index is 11.9. The Balaban J connectivity index is 1.83. The number of hydrogen-bond donors (Lipinski definition) is 1. The van der Waals surface area contributed by atoms with Gasteiger partial charge in [-0.15, -0.1) is 0 Å². The molecule has 1 N–H and O–H groups in total. The number of rotatable bonds is 7. The molecule has 0 heterocycles. The second-order valence-corrected chi connectivity index (χ2v) is 5.44. The molecule has 126 valence electrons. The van der Waals surface area contributed by atoms with E-state index >= 15 is 0 Å². The minimum absolute atomic E-state index is 0.123. The van der Waals surface area contributed by atoms with Gasteiger partial charge in [-0.25, -0.2) is 4.79 Å². The van der Waals surface area contributed by atoms with E-state index in [2.05, 4.69) is 5.32 Å². The van der Waals surface area contributed by atoms with Crippen molar-refractivity contribution in [3.63, 3.8) is 0 Å². The fraction of sp³-hybridized carbons (Fsp3) is 0.222. The molecule has 0 radical (unpaired) electrons. The van der Waals surface area contributed by atoms with Gasteiger partial charge < -0.3 is 14.8 Å². The van der Waals surface area contributed by atoms with E-state index in [0.29, 0.717) is 28.6 Å². The summed E-state index contributed by atoms with van der Waals surface area (Å²) in [7, 11) is 0. The van der Waals surface area contributed by atoms with Gasteiger partial charge in [0, 0.05) is 10.7 Å². The normalized spacial score (nSPS) is 10.1. The number of halogens is 1. The first kappa shape index (κ1) is 17.8. The maximum absolute atomic E-state index is 11.9. The molecule has 24 heavy (non-hydrogen) atoms. The Morgan fingerprint density at radius 3 is 2.33 bits per heavy atom. The van der Waals surface area contributed by atoms with Crippen molar-refractivity contribution in [1.82, 2.24) is 0 Å². The van der Waals surface area contributed by atoms with E-state index in [4.69, 9.17) is 21.1 Å². The lowest BCUT2D eigenvalue weighted by Gasteiger charge is -2.08. The lowest BCUT2D eigenvalue weighted by molar-refractivity contribution is -0.118. The first-order valence-electron chi connectivity index (χ1n) is 7.54. The molecule has 0 unspecified atom stereocenters. The lowest BCUT2D eigenvalue weighted by atomic mass is 10.2. The molecular weight excluding hydrogens is 330 g/mol. The van der Waals surface area contributed by atoms with E-state index in [1.165, 1.54) is 0 Å². The number of nitrogens with one attached hydrogen (secondary N) is 1. The van der Waals surface area contributed by atoms with Crippen LogP contribution in [-0.2, 0) is 9.53 Å². The van der Waals surface area contributed by atoms with Crippen LogP contribution in [0.3, 0.4) is 0 Å². The van der Waals surface area contributed by atoms with Crippen LogP contribution in [0.1, 0.15) is 23.7 Å². The average Bonchev–Trinajstić information content (AvgIpc) is 2.60. The molecule has 0 saturated heterocycles. The van der Waals surface area contributed by atoms with E-state index < -0.39 is 0 Å². The molecule has 0 aliphatic heterocycles. The molecule has 0 bridgehead atoms. The SMILES string of the molecule is CCCOC(=O)c1ccc(NC(=O)COc2ccc(Cl)cc2)cc1. The van der Waals surface area contributed by atoms with Gasteiger partial charge in [-0.05, 0) is 55.0 Å². The molecule has 6 heteroatoms. The number of hydrogen-bond acceptors (Lipinski definition) is 4. The molecule has 0 fully saturated rings. The van der Waals surface area contributed by atoms with E-state index in [0.717, 1.165) is 6.42 Å². The molecule has 0 aliphatic carbocycles. The van der Waals surface area contributed by atoms with Crippen molar-refractivity contribution in [2.45, 2.75) is 13.3 Å². The van der Waals surface area contributed by atoms with Gasteiger partial charge in [0.25, 0.3) is 5.91 Å². The zero-order valence-corrected chi connectivity index (χ0v) is 14.0. The van der Waals surface area contributed by atoms with Gasteiger partial charge in [-0.1, -0.05) is 18.5 Å². The van der Waals surface area contributed by atoms with Crippen molar-refractivity contribution in [2.24, 2.45) is 0 Å². The van der Waals surface area contributed by atoms with Gasteiger partial charge in [-0.2, -0.15) is 0 Å². The molecule has 0 aliphatic rings. The monoisotopic (exact) mass is 347 g/mol. The van der Waals surface area contributed by atoms with Crippen LogP contribution < -0.4 is 10.1 Å². The van der Waals surface area contributed by atoms with Crippen molar-refractivity contribution in [1.29, 1.82) is 0 Å². The zero-order valence-electron chi connectivity index (χ0n) is 13.3. The van der Waals surface area contributed by atoms with Gasteiger partial charge >= 0.3 is 5.97 Å². The number of anilines is 1. The number of carbonyl (C=O) groups is 2. The summed E-state index contributed by atoms with van der Waals surface area (Å²) in [6, 6.07) is 13.2. The summed E-state index contributed by atoms with van der Waals surface area (Å²) < 4.78 is 10.4. The highest BCUT2D eigenvalue weighted by Crippen LogP contribution is 2.15. The highest BCUT2D eigenvalue weighted by Gasteiger charge is 2.08. The Morgan fingerprint density at radius 2 is 1.71 bits per heavy atom. The quantitative estimate of drug-likeness (QED) is 0.771. The van der Waals surface area contributed by atoms with E-state index in [1.807, 2.05) is 6.92 Å². The largest absolute Gasteiger partial charge is 0.484 e. The minimum atomic E-state index is -0.374. The number of benzene rings is 2. The molecule has 2 aromatic carbocycles. The number of carbonyl (C=O) groups excluding carboxylic acids is 2. The van der Waals surface area contributed by atoms with E-state index in [1.54, 1.807) is 48.5 Å². The smallest absolute Gasteiger partial charge is 0.338 e. The molecule has 1 amide bonds. The zero-order chi connectivity index (χ0) is 17.4. The number of amides is 1. The molecule has 0 spiro atoms. The summed E-state index contributed by atoms with van der Waals surface area (Å²) >= 11 is 5.78. The Labute approximate surface area is 145 Å². The molecule has 2 aromatic rings. The summed E-state index contributed by atoms with van der Waals surface area (Å²) in [4.78, 5) is 23.5. The first-order chi connectivity index (χ1) is 11.6. The number of ether oxygens (including phenoxy) is 2. The van der Waals surface area contributed by atoms with E-state index in [-0.39, 0.29) is 18.5 Å². The molecule has 0 saturated carbocycles. The van der Waals surface area contributed by atoms with Crippen LogP contribution in [0.15, 0.2) is 48.5 Å².